The van der Waals surface area contributed by atoms with E-state index in [2.05, 4.69) is 24.4 Å². The lowest BCUT2D eigenvalue weighted by atomic mass is 10.1. The smallest absolute Gasteiger partial charge is 0.271 e. The Kier molecular flexibility index (Phi) is 7.20. The van der Waals surface area contributed by atoms with E-state index < -0.39 is 0 Å². The average Bonchev–Trinajstić information content (AvgIpc) is 2.63. The lowest BCUT2D eigenvalue weighted by molar-refractivity contribution is 0.0955. The zero-order valence-electron chi connectivity index (χ0n) is 15.2. The molecule has 0 aliphatic heterocycles. The van der Waals surface area contributed by atoms with Gasteiger partial charge in [0.25, 0.3) is 5.91 Å². The Balaban J connectivity index is 1.95. The standard InChI is InChI=1S/C21H26N2O2/c1-4-20(17-8-6-5-7-9-17)22-23-21(24)18-10-12-19(13-11-18)25-15-14-16(2)3/h5-13,16H,4,14-15H2,1-3H3,(H,23,24). The second kappa shape index (κ2) is 9.62. The van der Waals surface area contributed by atoms with Crippen LogP contribution in [0.2, 0.25) is 0 Å². The van der Waals surface area contributed by atoms with Gasteiger partial charge in [0.1, 0.15) is 5.75 Å². The number of rotatable bonds is 8. The van der Waals surface area contributed by atoms with E-state index in [-0.39, 0.29) is 5.91 Å². The molecule has 25 heavy (non-hydrogen) atoms. The zero-order chi connectivity index (χ0) is 18.1. The number of carbonyl (C=O) groups excluding carboxylic acids is 1. The number of benzene rings is 2. The van der Waals surface area contributed by atoms with E-state index in [4.69, 9.17) is 4.74 Å². The Hall–Kier alpha value is -2.62. The van der Waals surface area contributed by atoms with Gasteiger partial charge in [-0.3, -0.25) is 4.79 Å². The van der Waals surface area contributed by atoms with Crippen molar-refractivity contribution in [1.82, 2.24) is 5.43 Å². The SMILES string of the molecule is CCC(=NNC(=O)c1ccc(OCCC(C)C)cc1)c1ccccc1. The van der Waals surface area contributed by atoms with Crippen LogP contribution in [0.1, 0.15) is 49.5 Å². The second-order valence-electron chi connectivity index (χ2n) is 6.27. The van der Waals surface area contributed by atoms with E-state index in [1.165, 1.54) is 0 Å². The number of amides is 1. The maximum Gasteiger partial charge on any atom is 0.271 e. The number of hydrogen-bond acceptors (Lipinski definition) is 3. The molecule has 2 aromatic carbocycles. The van der Waals surface area contributed by atoms with Crippen molar-refractivity contribution in [2.45, 2.75) is 33.6 Å². The molecule has 1 amide bonds. The van der Waals surface area contributed by atoms with Gasteiger partial charge in [0.2, 0.25) is 0 Å². The van der Waals surface area contributed by atoms with Crippen LogP contribution in [-0.4, -0.2) is 18.2 Å². The molecule has 0 radical (unpaired) electrons. The van der Waals surface area contributed by atoms with Gasteiger partial charge in [0.05, 0.1) is 12.3 Å². The van der Waals surface area contributed by atoms with Crippen molar-refractivity contribution in [3.05, 3.63) is 65.7 Å². The molecule has 0 saturated carbocycles. The molecule has 4 nitrogen and oxygen atoms in total. The first kappa shape index (κ1) is 18.7. The summed E-state index contributed by atoms with van der Waals surface area (Å²) < 4.78 is 5.67. The van der Waals surface area contributed by atoms with Gasteiger partial charge in [-0.15, -0.1) is 0 Å². The lowest BCUT2D eigenvalue weighted by Gasteiger charge is -2.09. The van der Waals surface area contributed by atoms with Crippen molar-refractivity contribution in [1.29, 1.82) is 0 Å². The summed E-state index contributed by atoms with van der Waals surface area (Å²) in [4.78, 5) is 12.3. The predicted octanol–water partition coefficient (Wildman–Crippen LogP) is 4.66. The molecule has 1 N–H and O–H groups in total. The number of hydrogen-bond donors (Lipinski definition) is 1. The van der Waals surface area contributed by atoms with Crippen LogP contribution in [0.15, 0.2) is 59.7 Å². The lowest BCUT2D eigenvalue weighted by Crippen LogP contribution is -2.20. The first-order valence-corrected chi connectivity index (χ1v) is 8.75. The quantitative estimate of drug-likeness (QED) is 0.562. The van der Waals surface area contributed by atoms with E-state index >= 15 is 0 Å². The molecule has 4 heteroatoms. The van der Waals surface area contributed by atoms with Crippen LogP contribution in [0.4, 0.5) is 0 Å². The molecule has 0 spiro atoms. The molecule has 0 aliphatic carbocycles. The van der Waals surface area contributed by atoms with Gasteiger partial charge < -0.3 is 4.74 Å². The molecule has 0 atom stereocenters. The van der Waals surface area contributed by atoms with E-state index in [1.54, 1.807) is 12.1 Å². The zero-order valence-corrected chi connectivity index (χ0v) is 15.2. The predicted molar refractivity (Wildman–Crippen MR) is 102 cm³/mol. The molecule has 0 saturated heterocycles. The number of nitrogens with one attached hydrogen (secondary N) is 1. The summed E-state index contributed by atoms with van der Waals surface area (Å²) in [5, 5.41) is 4.27. The van der Waals surface area contributed by atoms with Crippen molar-refractivity contribution >= 4 is 11.6 Å². The van der Waals surface area contributed by atoms with Gasteiger partial charge in [-0.1, -0.05) is 51.1 Å². The summed E-state index contributed by atoms with van der Waals surface area (Å²) in [6, 6.07) is 17.0. The van der Waals surface area contributed by atoms with Crippen LogP contribution < -0.4 is 10.2 Å². The van der Waals surface area contributed by atoms with Gasteiger partial charge in [-0.2, -0.15) is 5.10 Å². The van der Waals surface area contributed by atoms with Crippen molar-refractivity contribution in [3.8, 4) is 5.75 Å². The minimum atomic E-state index is -0.226. The maximum absolute atomic E-state index is 12.3. The van der Waals surface area contributed by atoms with Gasteiger partial charge in [0, 0.05) is 5.56 Å². The van der Waals surface area contributed by atoms with Gasteiger partial charge in [-0.25, -0.2) is 5.43 Å². The van der Waals surface area contributed by atoms with Crippen molar-refractivity contribution in [3.63, 3.8) is 0 Å². The fraction of sp³-hybridized carbons (Fsp3) is 0.333. The highest BCUT2D eigenvalue weighted by molar-refractivity contribution is 6.02. The fourth-order valence-electron chi connectivity index (χ4n) is 2.28. The van der Waals surface area contributed by atoms with Crippen molar-refractivity contribution in [2.75, 3.05) is 6.61 Å². The van der Waals surface area contributed by atoms with Crippen LogP contribution in [0.3, 0.4) is 0 Å². The largest absolute Gasteiger partial charge is 0.494 e. The summed E-state index contributed by atoms with van der Waals surface area (Å²) in [6.07, 6.45) is 1.75. The summed E-state index contributed by atoms with van der Waals surface area (Å²) in [7, 11) is 0. The summed E-state index contributed by atoms with van der Waals surface area (Å²) in [5.74, 6) is 1.16. The maximum atomic E-state index is 12.3. The highest BCUT2D eigenvalue weighted by atomic mass is 16.5. The molecule has 0 fully saturated rings. The Bertz CT molecular complexity index is 692. The highest BCUT2D eigenvalue weighted by Crippen LogP contribution is 2.13. The minimum Gasteiger partial charge on any atom is -0.494 e. The summed E-state index contributed by atoms with van der Waals surface area (Å²) in [6.45, 7) is 7.03. The summed E-state index contributed by atoms with van der Waals surface area (Å²) >= 11 is 0. The number of nitrogens with zero attached hydrogens (tertiary/aromatic N) is 1. The number of hydrazone groups is 1. The first-order valence-electron chi connectivity index (χ1n) is 8.75. The van der Waals surface area contributed by atoms with Gasteiger partial charge in [-0.05, 0) is 48.6 Å². The molecular weight excluding hydrogens is 312 g/mol. The normalized spacial score (nSPS) is 11.4. The van der Waals surface area contributed by atoms with E-state index in [0.29, 0.717) is 18.1 Å². The molecular formula is C21H26N2O2. The van der Waals surface area contributed by atoms with Gasteiger partial charge in [0.15, 0.2) is 0 Å². The van der Waals surface area contributed by atoms with E-state index in [9.17, 15) is 4.79 Å². The molecule has 0 aromatic heterocycles. The Labute approximate surface area is 149 Å². The average molecular weight is 338 g/mol. The van der Waals surface area contributed by atoms with Crippen LogP contribution >= 0.6 is 0 Å². The van der Waals surface area contributed by atoms with Crippen LogP contribution in [0, 0.1) is 5.92 Å². The van der Waals surface area contributed by atoms with Crippen LogP contribution in [-0.2, 0) is 0 Å². The third-order valence-electron chi connectivity index (χ3n) is 3.81. The Morgan fingerprint density at radius 1 is 1.04 bits per heavy atom. The number of carbonyl (C=O) groups is 1. The molecule has 0 unspecified atom stereocenters. The second-order valence-corrected chi connectivity index (χ2v) is 6.27. The molecule has 2 aromatic rings. The molecule has 0 heterocycles. The fourth-order valence-corrected chi connectivity index (χ4v) is 2.28. The van der Waals surface area contributed by atoms with Crippen LogP contribution in [0.25, 0.3) is 0 Å². The third-order valence-corrected chi connectivity index (χ3v) is 3.81. The third kappa shape index (κ3) is 6.07. The number of ether oxygens (including phenoxy) is 1. The monoisotopic (exact) mass is 338 g/mol. The molecule has 0 bridgehead atoms. The Morgan fingerprint density at radius 2 is 1.72 bits per heavy atom. The molecule has 2 rings (SSSR count). The molecule has 132 valence electrons. The van der Waals surface area contributed by atoms with Crippen molar-refractivity contribution in [2.24, 2.45) is 11.0 Å². The van der Waals surface area contributed by atoms with Crippen molar-refractivity contribution < 1.29 is 9.53 Å². The minimum absolute atomic E-state index is 0.226. The van der Waals surface area contributed by atoms with Crippen LogP contribution in [0.5, 0.6) is 5.75 Å². The molecule has 0 aliphatic rings. The Morgan fingerprint density at radius 3 is 2.32 bits per heavy atom. The van der Waals surface area contributed by atoms with Gasteiger partial charge >= 0.3 is 0 Å². The van der Waals surface area contributed by atoms with E-state index in [0.717, 1.165) is 29.9 Å². The first-order chi connectivity index (χ1) is 12.1. The summed E-state index contributed by atoms with van der Waals surface area (Å²) in [5.41, 5.74) is 5.06. The van der Waals surface area contributed by atoms with E-state index in [1.807, 2.05) is 49.4 Å². The topological polar surface area (TPSA) is 50.7 Å². The highest BCUT2D eigenvalue weighted by Gasteiger charge is 2.06.